The molecule has 0 fully saturated rings. The second-order valence-electron chi connectivity index (χ2n) is 4.12. The number of halogens is 1. The van der Waals surface area contributed by atoms with E-state index in [-0.39, 0.29) is 0 Å². The molecule has 0 aliphatic carbocycles. The molecule has 2 nitrogen and oxygen atoms in total. The SMILES string of the molecule is CCn1cc(CCC(Br)c2ccccc2)cn1. The zero-order valence-electron chi connectivity index (χ0n) is 10.0. The molecule has 0 amide bonds. The third kappa shape index (κ3) is 3.43. The number of nitrogens with zero attached hydrogens (tertiary/aromatic N) is 2. The Balaban J connectivity index is 1.90. The Labute approximate surface area is 111 Å². The smallest absolute Gasteiger partial charge is 0.0521 e. The molecule has 2 rings (SSSR count). The summed E-state index contributed by atoms with van der Waals surface area (Å²) in [5.74, 6) is 0. The van der Waals surface area contributed by atoms with E-state index in [1.165, 1.54) is 11.1 Å². The minimum Gasteiger partial charge on any atom is -0.273 e. The normalized spacial score (nSPS) is 12.6. The molecule has 0 saturated carbocycles. The van der Waals surface area contributed by atoms with E-state index in [1.54, 1.807) is 0 Å². The van der Waals surface area contributed by atoms with Gasteiger partial charge in [0.25, 0.3) is 0 Å². The molecule has 0 N–H and O–H groups in total. The van der Waals surface area contributed by atoms with Crippen LogP contribution in [0.1, 0.15) is 29.3 Å². The van der Waals surface area contributed by atoms with Gasteiger partial charge in [-0.2, -0.15) is 5.10 Å². The Morgan fingerprint density at radius 1 is 1.29 bits per heavy atom. The van der Waals surface area contributed by atoms with Gasteiger partial charge >= 0.3 is 0 Å². The molecule has 0 spiro atoms. The second kappa shape index (κ2) is 6.01. The molecule has 0 saturated heterocycles. The third-order valence-electron chi connectivity index (χ3n) is 2.86. The summed E-state index contributed by atoms with van der Waals surface area (Å²) in [5.41, 5.74) is 2.66. The highest BCUT2D eigenvalue weighted by Gasteiger charge is 2.07. The summed E-state index contributed by atoms with van der Waals surface area (Å²) in [4.78, 5) is 0.425. The molecular formula is C14H17BrN2. The Bertz CT molecular complexity index is 450. The molecule has 17 heavy (non-hydrogen) atoms. The highest BCUT2D eigenvalue weighted by Crippen LogP contribution is 2.27. The van der Waals surface area contributed by atoms with Crippen molar-refractivity contribution < 1.29 is 0 Å². The minimum absolute atomic E-state index is 0.425. The van der Waals surface area contributed by atoms with Gasteiger partial charge < -0.3 is 0 Å². The molecule has 0 aliphatic rings. The predicted molar refractivity (Wildman–Crippen MR) is 74.3 cm³/mol. The van der Waals surface area contributed by atoms with Crippen LogP contribution >= 0.6 is 15.9 Å². The largest absolute Gasteiger partial charge is 0.273 e. The fourth-order valence-electron chi connectivity index (χ4n) is 1.83. The van der Waals surface area contributed by atoms with Crippen molar-refractivity contribution in [3.05, 3.63) is 53.9 Å². The van der Waals surface area contributed by atoms with E-state index in [0.29, 0.717) is 4.83 Å². The number of hydrogen-bond donors (Lipinski definition) is 0. The van der Waals surface area contributed by atoms with Crippen LogP contribution in [0, 0.1) is 0 Å². The van der Waals surface area contributed by atoms with Crippen molar-refractivity contribution in [1.29, 1.82) is 0 Å². The molecule has 0 radical (unpaired) electrons. The number of aryl methyl sites for hydroxylation is 2. The molecule has 0 aliphatic heterocycles. The summed E-state index contributed by atoms with van der Waals surface area (Å²) >= 11 is 3.74. The highest BCUT2D eigenvalue weighted by atomic mass is 79.9. The van der Waals surface area contributed by atoms with Gasteiger partial charge in [0, 0.05) is 17.6 Å². The molecule has 1 aromatic heterocycles. The first kappa shape index (κ1) is 12.4. The lowest BCUT2D eigenvalue weighted by atomic mass is 10.1. The van der Waals surface area contributed by atoms with Crippen LogP contribution in [-0.4, -0.2) is 9.78 Å². The van der Waals surface area contributed by atoms with E-state index in [1.807, 2.05) is 10.9 Å². The van der Waals surface area contributed by atoms with Crippen LogP contribution < -0.4 is 0 Å². The summed E-state index contributed by atoms with van der Waals surface area (Å²) in [5, 5.41) is 4.29. The van der Waals surface area contributed by atoms with Crippen LogP contribution in [-0.2, 0) is 13.0 Å². The molecule has 90 valence electrons. The Kier molecular flexibility index (Phi) is 4.37. The summed E-state index contributed by atoms with van der Waals surface area (Å²) in [6.45, 7) is 3.05. The van der Waals surface area contributed by atoms with Gasteiger partial charge in [0.1, 0.15) is 0 Å². The lowest BCUT2D eigenvalue weighted by Crippen LogP contribution is -1.94. The van der Waals surface area contributed by atoms with Gasteiger partial charge in [-0.25, -0.2) is 0 Å². The summed E-state index contributed by atoms with van der Waals surface area (Å²) in [7, 11) is 0. The lowest BCUT2D eigenvalue weighted by molar-refractivity contribution is 0.658. The Hall–Kier alpha value is -1.09. The van der Waals surface area contributed by atoms with Crippen molar-refractivity contribution in [2.45, 2.75) is 31.1 Å². The van der Waals surface area contributed by atoms with Crippen molar-refractivity contribution in [3.8, 4) is 0 Å². The van der Waals surface area contributed by atoms with Crippen LogP contribution in [0.3, 0.4) is 0 Å². The number of aromatic nitrogens is 2. The summed E-state index contributed by atoms with van der Waals surface area (Å²) in [6.07, 6.45) is 6.25. The van der Waals surface area contributed by atoms with Crippen LogP contribution in [0.5, 0.6) is 0 Å². The van der Waals surface area contributed by atoms with Gasteiger partial charge in [-0.05, 0) is 30.9 Å². The first-order valence-electron chi connectivity index (χ1n) is 6.00. The first-order valence-corrected chi connectivity index (χ1v) is 6.91. The van der Waals surface area contributed by atoms with Crippen molar-refractivity contribution >= 4 is 15.9 Å². The van der Waals surface area contributed by atoms with Gasteiger partial charge in [0.05, 0.1) is 6.20 Å². The van der Waals surface area contributed by atoms with E-state index >= 15 is 0 Å². The topological polar surface area (TPSA) is 17.8 Å². The summed E-state index contributed by atoms with van der Waals surface area (Å²) in [6, 6.07) is 10.5. The van der Waals surface area contributed by atoms with Gasteiger partial charge in [-0.1, -0.05) is 46.3 Å². The van der Waals surface area contributed by atoms with Crippen LogP contribution in [0.4, 0.5) is 0 Å². The maximum Gasteiger partial charge on any atom is 0.0521 e. The monoisotopic (exact) mass is 292 g/mol. The average Bonchev–Trinajstić information content (AvgIpc) is 2.85. The second-order valence-corrected chi connectivity index (χ2v) is 5.23. The maximum absolute atomic E-state index is 4.29. The predicted octanol–water partition coefficient (Wildman–Crippen LogP) is 3.97. The first-order chi connectivity index (χ1) is 8.29. The number of benzene rings is 1. The lowest BCUT2D eigenvalue weighted by Gasteiger charge is -2.08. The molecule has 3 heteroatoms. The standard InChI is InChI=1S/C14H17BrN2/c1-2-17-11-12(10-16-17)8-9-14(15)13-6-4-3-5-7-13/h3-7,10-11,14H,2,8-9H2,1H3. The van der Waals surface area contributed by atoms with Crippen LogP contribution in [0.25, 0.3) is 0 Å². The zero-order chi connectivity index (χ0) is 12.1. The van der Waals surface area contributed by atoms with Crippen molar-refractivity contribution in [2.24, 2.45) is 0 Å². The molecule has 2 aromatic rings. The Morgan fingerprint density at radius 2 is 2.06 bits per heavy atom. The van der Waals surface area contributed by atoms with Crippen LogP contribution in [0.2, 0.25) is 0 Å². The van der Waals surface area contributed by atoms with Gasteiger partial charge in [-0.15, -0.1) is 0 Å². The fourth-order valence-corrected chi connectivity index (χ4v) is 2.36. The number of hydrogen-bond acceptors (Lipinski definition) is 1. The third-order valence-corrected chi connectivity index (χ3v) is 3.84. The number of alkyl halides is 1. The van der Waals surface area contributed by atoms with E-state index in [4.69, 9.17) is 0 Å². The molecule has 1 aromatic carbocycles. The van der Waals surface area contributed by atoms with Crippen molar-refractivity contribution in [1.82, 2.24) is 9.78 Å². The molecule has 0 bridgehead atoms. The van der Waals surface area contributed by atoms with E-state index in [2.05, 4.69) is 64.5 Å². The highest BCUT2D eigenvalue weighted by molar-refractivity contribution is 9.09. The molecule has 1 unspecified atom stereocenters. The number of rotatable bonds is 5. The van der Waals surface area contributed by atoms with Gasteiger partial charge in [-0.3, -0.25) is 4.68 Å². The minimum atomic E-state index is 0.425. The van der Waals surface area contributed by atoms with Crippen LogP contribution in [0.15, 0.2) is 42.7 Å². The van der Waals surface area contributed by atoms with Gasteiger partial charge in [0.2, 0.25) is 0 Å². The zero-order valence-corrected chi connectivity index (χ0v) is 11.6. The summed E-state index contributed by atoms with van der Waals surface area (Å²) < 4.78 is 1.97. The van der Waals surface area contributed by atoms with Crippen molar-refractivity contribution in [2.75, 3.05) is 0 Å². The average molecular weight is 293 g/mol. The molecular weight excluding hydrogens is 276 g/mol. The van der Waals surface area contributed by atoms with Gasteiger partial charge in [0.15, 0.2) is 0 Å². The quantitative estimate of drug-likeness (QED) is 0.763. The van der Waals surface area contributed by atoms with E-state index in [0.717, 1.165) is 19.4 Å². The van der Waals surface area contributed by atoms with Crippen molar-refractivity contribution in [3.63, 3.8) is 0 Å². The maximum atomic E-state index is 4.29. The fraction of sp³-hybridized carbons (Fsp3) is 0.357. The molecule has 1 heterocycles. The van der Waals surface area contributed by atoms with E-state index < -0.39 is 0 Å². The molecule has 1 atom stereocenters. The van der Waals surface area contributed by atoms with E-state index in [9.17, 15) is 0 Å². The Morgan fingerprint density at radius 3 is 2.71 bits per heavy atom.